The Hall–Kier alpha value is -0.670. The molecule has 0 bridgehead atoms. The van der Waals surface area contributed by atoms with Gasteiger partial charge < -0.3 is 5.32 Å². The summed E-state index contributed by atoms with van der Waals surface area (Å²) in [5, 5.41) is 3.48. The fourth-order valence-electron chi connectivity index (χ4n) is 2.03. The molecule has 1 aromatic rings. The Balaban J connectivity index is 2.73. The van der Waals surface area contributed by atoms with Gasteiger partial charge >= 0.3 is 0 Å². The van der Waals surface area contributed by atoms with Crippen LogP contribution in [-0.4, -0.2) is 22.8 Å². The van der Waals surface area contributed by atoms with E-state index in [1.807, 2.05) is 0 Å². The highest BCUT2D eigenvalue weighted by Gasteiger charge is 2.12. The molecule has 18 heavy (non-hydrogen) atoms. The maximum absolute atomic E-state index is 11.4. The molecule has 2 nitrogen and oxygen atoms in total. The van der Waals surface area contributed by atoms with Crippen LogP contribution >= 0.6 is 0 Å². The number of hydrogen-bond donors (Lipinski definition) is 1. The van der Waals surface area contributed by atoms with Crippen LogP contribution in [0.3, 0.4) is 0 Å². The van der Waals surface area contributed by atoms with Gasteiger partial charge in [0, 0.05) is 28.9 Å². The van der Waals surface area contributed by atoms with Gasteiger partial charge in [0.2, 0.25) is 0 Å². The van der Waals surface area contributed by atoms with E-state index in [1.165, 1.54) is 17.5 Å². The van der Waals surface area contributed by atoms with Crippen molar-refractivity contribution in [3.63, 3.8) is 0 Å². The molecule has 0 saturated carbocycles. The zero-order valence-electron chi connectivity index (χ0n) is 11.7. The van der Waals surface area contributed by atoms with E-state index in [1.54, 1.807) is 6.26 Å². The van der Waals surface area contributed by atoms with Gasteiger partial charge in [0.05, 0.1) is 0 Å². The Kier molecular flexibility index (Phi) is 7.21. The summed E-state index contributed by atoms with van der Waals surface area (Å²) in [4.78, 5) is 0. The van der Waals surface area contributed by atoms with Gasteiger partial charge in [-0.3, -0.25) is 4.21 Å². The molecule has 0 amide bonds. The largest absolute Gasteiger partial charge is 0.309 e. The summed E-state index contributed by atoms with van der Waals surface area (Å²) in [6, 6.07) is 8.94. The van der Waals surface area contributed by atoms with Crippen LogP contribution in [0.5, 0.6) is 0 Å². The molecule has 1 N–H and O–H groups in total. The first-order valence-corrected chi connectivity index (χ1v) is 8.52. The first-order valence-electron chi connectivity index (χ1n) is 6.79. The zero-order valence-corrected chi connectivity index (χ0v) is 12.6. The Morgan fingerprint density at radius 2 is 1.83 bits per heavy atom. The highest BCUT2D eigenvalue weighted by Crippen LogP contribution is 2.16. The Morgan fingerprint density at radius 3 is 2.33 bits per heavy atom. The maximum atomic E-state index is 11.4. The van der Waals surface area contributed by atoms with E-state index < -0.39 is 10.8 Å². The molecular weight excluding hydrogens is 242 g/mol. The van der Waals surface area contributed by atoms with Crippen LogP contribution in [-0.2, 0) is 17.2 Å². The molecule has 3 heteroatoms. The van der Waals surface area contributed by atoms with E-state index in [4.69, 9.17) is 0 Å². The van der Waals surface area contributed by atoms with E-state index in [0.29, 0.717) is 5.75 Å². The Bertz CT molecular complexity index is 361. The van der Waals surface area contributed by atoms with E-state index >= 15 is 0 Å². The molecule has 102 valence electrons. The highest BCUT2D eigenvalue weighted by atomic mass is 32.2. The smallest absolute Gasteiger partial charge is 0.0436 e. The van der Waals surface area contributed by atoms with Crippen molar-refractivity contribution < 1.29 is 4.21 Å². The van der Waals surface area contributed by atoms with Gasteiger partial charge in [-0.25, -0.2) is 0 Å². The van der Waals surface area contributed by atoms with Crippen LogP contribution in [0.25, 0.3) is 0 Å². The van der Waals surface area contributed by atoms with Crippen molar-refractivity contribution >= 4 is 10.8 Å². The van der Waals surface area contributed by atoms with Crippen molar-refractivity contribution in [1.29, 1.82) is 0 Å². The van der Waals surface area contributed by atoms with Crippen LogP contribution in [0.2, 0.25) is 0 Å². The lowest BCUT2D eigenvalue weighted by molar-refractivity contribution is 0.570. The van der Waals surface area contributed by atoms with Crippen molar-refractivity contribution in [3.8, 4) is 0 Å². The minimum atomic E-state index is -0.771. The van der Waals surface area contributed by atoms with Gasteiger partial charge in [0.15, 0.2) is 0 Å². The van der Waals surface area contributed by atoms with Crippen LogP contribution in [0, 0.1) is 0 Å². The van der Waals surface area contributed by atoms with Crippen LogP contribution in [0.1, 0.15) is 43.9 Å². The van der Waals surface area contributed by atoms with Gasteiger partial charge in [-0.2, -0.15) is 0 Å². The van der Waals surface area contributed by atoms with Crippen LogP contribution < -0.4 is 5.32 Å². The maximum Gasteiger partial charge on any atom is 0.0436 e. The lowest BCUT2D eigenvalue weighted by Gasteiger charge is -2.18. The second-order valence-electron chi connectivity index (χ2n) is 4.74. The fourth-order valence-corrected chi connectivity index (χ4v) is 2.81. The fraction of sp³-hybridized carbons (Fsp3) is 0.600. The van der Waals surface area contributed by atoms with E-state index in [9.17, 15) is 4.21 Å². The summed E-state index contributed by atoms with van der Waals surface area (Å²) in [6.45, 7) is 5.32. The van der Waals surface area contributed by atoms with E-state index in [-0.39, 0.29) is 6.04 Å². The van der Waals surface area contributed by atoms with Gasteiger partial charge in [0.1, 0.15) is 0 Å². The second kappa shape index (κ2) is 8.44. The average molecular weight is 267 g/mol. The average Bonchev–Trinajstić information content (AvgIpc) is 2.35. The predicted octanol–water partition coefficient (Wildman–Crippen LogP) is 3.06. The highest BCUT2D eigenvalue weighted by molar-refractivity contribution is 7.84. The van der Waals surface area contributed by atoms with Crippen molar-refractivity contribution in [2.45, 2.75) is 39.2 Å². The summed E-state index contributed by atoms with van der Waals surface area (Å²) in [6.07, 6.45) is 5.18. The number of benzene rings is 1. The molecule has 1 rings (SSSR count). The molecule has 0 saturated heterocycles. The minimum absolute atomic E-state index is 0.214. The molecule has 0 heterocycles. The monoisotopic (exact) mass is 267 g/mol. The molecule has 2 unspecified atom stereocenters. The molecular formula is C15H25NOS. The molecule has 0 fully saturated rings. The number of hydrogen-bond acceptors (Lipinski definition) is 2. The summed E-state index contributed by atoms with van der Waals surface area (Å²) < 4.78 is 11.4. The van der Waals surface area contributed by atoms with Crippen molar-refractivity contribution in [3.05, 3.63) is 35.4 Å². The molecule has 0 aliphatic heterocycles. The number of nitrogens with one attached hydrogen (secondary N) is 1. The van der Waals surface area contributed by atoms with Gasteiger partial charge in [-0.15, -0.1) is 0 Å². The summed E-state index contributed by atoms with van der Waals surface area (Å²) >= 11 is 0. The van der Waals surface area contributed by atoms with Crippen LogP contribution in [0.4, 0.5) is 0 Å². The predicted molar refractivity (Wildman–Crippen MR) is 80.4 cm³/mol. The molecule has 0 spiro atoms. The lowest BCUT2D eigenvalue weighted by Crippen LogP contribution is -2.26. The van der Waals surface area contributed by atoms with E-state index in [2.05, 4.69) is 43.4 Å². The van der Waals surface area contributed by atoms with E-state index in [0.717, 1.165) is 19.4 Å². The zero-order chi connectivity index (χ0) is 13.4. The summed E-state index contributed by atoms with van der Waals surface area (Å²) in [5.41, 5.74) is 2.63. The van der Waals surface area contributed by atoms with Crippen molar-refractivity contribution in [1.82, 2.24) is 5.32 Å². The van der Waals surface area contributed by atoms with Crippen molar-refractivity contribution in [2.75, 3.05) is 18.6 Å². The summed E-state index contributed by atoms with van der Waals surface area (Å²) in [5.74, 6) is 0.688. The van der Waals surface area contributed by atoms with Crippen LogP contribution in [0.15, 0.2) is 24.3 Å². The third kappa shape index (κ3) is 5.32. The SMILES string of the molecule is CCCNC(CS(C)=O)c1ccc(CCC)cc1. The molecule has 0 aliphatic rings. The lowest BCUT2D eigenvalue weighted by atomic mass is 10.0. The molecule has 1 aromatic carbocycles. The van der Waals surface area contributed by atoms with Gasteiger partial charge in [-0.1, -0.05) is 44.5 Å². The topological polar surface area (TPSA) is 29.1 Å². The van der Waals surface area contributed by atoms with Crippen molar-refractivity contribution in [2.24, 2.45) is 0 Å². The third-order valence-corrected chi connectivity index (χ3v) is 3.77. The molecule has 0 radical (unpaired) electrons. The number of aryl methyl sites for hydroxylation is 1. The Morgan fingerprint density at radius 1 is 1.17 bits per heavy atom. The Labute approximate surface area is 114 Å². The second-order valence-corrected chi connectivity index (χ2v) is 6.22. The van der Waals surface area contributed by atoms with Gasteiger partial charge in [-0.05, 0) is 30.5 Å². The molecule has 0 aliphatic carbocycles. The first kappa shape index (κ1) is 15.4. The molecule has 0 aromatic heterocycles. The summed E-state index contributed by atoms with van der Waals surface area (Å²) in [7, 11) is -0.771. The minimum Gasteiger partial charge on any atom is -0.309 e. The first-order chi connectivity index (χ1) is 8.67. The standard InChI is InChI=1S/C15H25NOS/c1-4-6-13-7-9-14(10-8-13)15(12-18(3)17)16-11-5-2/h7-10,15-16H,4-6,11-12H2,1-3H3. The molecule has 2 atom stereocenters. The quantitative estimate of drug-likeness (QED) is 0.784. The normalized spacial score (nSPS) is 14.4. The van der Waals surface area contributed by atoms with Gasteiger partial charge in [0.25, 0.3) is 0 Å². The number of rotatable bonds is 8. The third-order valence-electron chi connectivity index (χ3n) is 2.96.